The molecule has 172 valence electrons. The molecule has 0 heterocycles. The number of aliphatic imine (C=N–C) groups is 1. The van der Waals surface area contributed by atoms with Crippen LogP contribution in [0.2, 0.25) is 0 Å². The molecule has 0 aliphatic carbocycles. The van der Waals surface area contributed by atoms with Crippen LogP contribution in [0.15, 0.2) is 75.4 Å². The van der Waals surface area contributed by atoms with Crippen LogP contribution in [0.5, 0.6) is 0 Å². The van der Waals surface area contributed by atoms with Gasteiger partial charge in [-0.2, -0.15) is 0 Å². The van der Waals surface area contributed by atoms with Gasteiger partial charge in [0.1, 0.15) is 0 Å². The van der Waals surface area contributed by atoms with Crippen molar-refractivity contribution in [1.29, 1.82) is 0 Å². The van der Waals surface area contributed by atoms with Crippen LogP contribution < -0.4 is 5.73 Å². The zero-order chi connectivity index (χ0) is 24.0. The largest absolute Gasteiger partial charge is 0.325 e. The normalized spacial score (nSPS) is 13.2. The molecule has 4 N–H and O–H groups in total. The summed E-state index contributed by atoms with van der Waals surface area (Å²) in [6.07, 6.45) is 5.96. The van der Waals surface area contributed by atoms with Gasteiger partial charge in [-0.1, -0.05) is 60.2 Å². The Kier molecular flexibility index (Phi) is 8.40. The Morgan fingerprint density at radius 1 is 1.06 bits per heavy atom. The maximum absolute atomic E-state index is 11.9. The van der Waals surface area contributed by atoms with Gasteiger partial charge in [0, 0.05) is 28.7 Å². The highest BCUT2D eigenvalue weighted by Gasteiger charge is 2.14. The fourth-order valence-electron chi connectivity index (χ4n) is 3.40. The molecular formula is C26H28N2O3S2. The highest BCUT2D eigenvalue weighted by atomic mass is 32.2. The number of benzene rings is 3. The van der Waals surface area contributed by atoms with Gasteiger partial charge in [0.2, 0.25) is 0 Å². The molecule has 33 heavy (non-hydrogen) atoms. The molecule has 0 saturated heterocycles. The third kappa shape index (κ3) is 7.48. The molecule has 7 heteroatoms. The topological polar surface area (TPSA) is 95.9 Å². The smallest absolute Gasteiger partial charge is 0.187 e. The summed E-state index contributed by atoms with van der Waals surface area (Å²) in [7, 11) is 0. The van der Waals surface area contributed by atoms with Crippen molar-refractivity contribution in [2.75, 3.05) is 0 Å². The highest BCUT2D eigenvalue weighted by molar-refractivity contribution is 7.93. The molecule has 0 aromatic heterocycles. The van der Waals surface area contributed by atoms with Gasteiger partial charge in [0.15, 0.2) is 11.1 Å². The van der Waals surface area contributed by atoms with Crippen LogP contribution in [0, 0.1) is 6.92 Å². The maximum Gasteiger partial charge on any atom is 0.187 e. The minimum Gasteiger partial charge on any atom is -0.325 e. The van der Waals surface area contributed by atoms with Crippen molar-refractivity contribution in [1.82, 2.24) is 0 Å². The minimum absolute atomic E-state index is 0.325. The SMILES string of the molecule is Cc1cccc(C=Nc2ccc(/C=C/c3ccc(CC(C)(C)N)cc3S(=O)O)c(SO)c2)c1. The van der Waals surface area contributed by atoms with Crippen molar-refractivity contribution in [3.8, 4) is 0 Å². The second-order valence-electron chi connectivity index (χ2n) is 8.61. The van der Waals surface area contributed by atoms with E-state index in [1.54, 1.807) is 24.4 Å². The first-order valence-corrected chi connectivity index (χ1v) is 12.3. The van der Waals surface area contributed by atoms with Gasteiger partial charge >= 0.3 is 0 Å². The van der Waals surface area contributed by atoms with Gasteiger partial charge in [0.05, 0.1) is 10.6 Å². The lowest BCUT2D eigenvalue weighted by Gasteiger charge is -2.19. The summed E-state index contributed by atoms with van der Waals surface area (Å²) in [4.78, 5) is 5.47. The van der Waals surface area contributed by atoms with Crippen molar-refractivity contribution in [3.05, 3.63) is 88.5 Å². The quantitative estimate of drug-likeness (QED) is 0.151. The summed E-state index contributed by atoms with van der Waals surface area (Å²) in [5.41, 5.74) is 10.9. The summed E-state index contributed by atoms with van der Waals surface area (Å²) < 4.78 is 31.5. The molecule has 1 atom stereocenters. The van der Waals surface area contributed by atoms with E-state index in [4.69, 9.17) is 5.73 Å². The van der Waals surface area contributed by atoms with Crippen molar-refractivity contribution < 1.29 is 13.3 Å². The Bertz CT molecular complexity index is 1210. The van der Waals surface area contributed by atoms with Crippen LogP contribution in [-0.4, -0.2) is 25.1 Å². The molecule has 0 radical (unpaired) electrons. The summed E-state index contributed by atoms with van der Waals surface area (Å²) in [6, 6.07) is 19.0. The van der Waals surface area contributed by atoms with Gasteiger partial charge < -0.3 is 14.8 Å². The number of hydrogen-bond donors (Lipinski definition) is 3. The lowest BCUT2D eigenvalue weighted by Crippen LogP contribution is -2.34. The summed E-state index contributed by atoms with van der Waals surface area (Å²) >= 11 is -1.50. The predicted molar refractivity (Wildman–Crippen MR) is 140 cm³/mol. The lowest BCUT2D eigenvalue weighted by molar-refractivity contribution is 0.515. The molecule has 5 nitrogen and oxygen atoms in total. The van der Waals surface area contributed by atoms with E-state index in [2.05, 4.69) is 4.99 Å². The predicted octanol–water partition coefficient (Wildman–Crippen LogP) is 6.34. The number of nitrogens with two attached hydrogens (primary N) is 1. The molecule has 3 rings (SSSR count). The van der Waals surface area contributed by atoms with Crippen LogP contribution in [0.4, 0.5) is 5.69 Å². The summed E-state index contributed by atoms with van der Waals surface area (Å²) in [5.74, 6) is 0. The molecule has 3 aromatic rings. The lowest BCUT2D eigenvalue weighted by atomic mass is 9.95. The van der Waals surface area contributed by atoms with Crippen molar-refractivity contribution >= 4 is 47.2 Å². The zero-order valence-corrected chi connectivity index (χ0v) is 20.5. The molecular weight excluding hydrogens is 452 g/mol. The molecule has 0 bridgehead atoms. The van der Waals surface area contributed by atoms with E-state index in [-0.39, 0.29) is 0 Å². The second-order valence-corrected chi connectivity index (χ2v) is 10.2. The Labute approximate surface area is 202 Å². The molecule has 0 spiro atoms. The number of nitrogens with zero attached hydrogens (tertiary/aromatic N) is 1. The van der Waals surface area contributed by atoms with Crippen molar-refractivity contribution in [2.45, 2.75) is 42.5 Å². The van der Waals surface area contributed by atoms with Crippen LogP contribution in [-0.2, 0) is 17.5 Å². The number of aryl methyl sites for hydroxylation is 1. The molecule has 3 aromatic carbocycles. The zero-order valence-electron chi connectivity index (χ0n) is 18.9. The average molecular weight is 481 g/mol. The monoisotopic (exact) mass is 480 g/mol. The first kappa shape index (κ1) is 25.1. The Morgan fingerprint density at radius 2 is 1.79 bits per heavy atom. The van der Waals surface area contributed by atoms with Crippen LogP contribution in [0.1, 0.15) is 41.7 Å². The van der Waals surface area contributed by atoms with Crippen LogP contribution in [0.3, 0.4) is 0 Å². The second kappa shape index (κ2) is 11.0. The van der Waals surface area contributed by atoms with E-state index < -0.39 is 16.6 Å². The molecule has 0 saturated carbocycles. The van der Waals surface area contributed by atoms with E-state index in [1.165, 1.54) is 0 Å². The Morgan fingerprint density at radius 3 is 2.45 bits per heavy atom. The number of hydrogen-bond acceptors (Lipinski definition) is 5. The van der Waals surface area contributed by atoms with Gasteiger partial charge in [-0.15, -0.1) is 0 Å². The Hall–Kier alpha value is -2.55. The summed E-state index contributed by atoms with van der Waals surface area (Å²) in [6.45, 7) is 5.86. The fraction of sp³-hybridized carbons (Fsp3) is 0.192. The first-order valence-electron chi connectivity index (χ1n) is 10.4. The summed E-state index contributed by atoms with van der Waals surface area (Å²) in [5, 5.41) is 0. The highest BCUT2D eigenvalue weighted by Crippen LogP contribution is 2.28. The first-order chi connectivity index (χ1) is 15.6. The average Bonchev–Trinajstić information content (AvgIpc) is 2.76. The van der Waals surface area contributed by atoms with Crippen LogP contribution >= 0.6 is 12.0 Å². The van der Waals surface area contributed by atoms with Gasteiger partial charge in [-0.25, -0.2) is 4.21 Å². The molecule has 0 aliphatic heterocycles. The van der Waals surface area contributed by atoms with Crippen LogP contribution in [0.25, 0.3) is 12.2 Å². The molecule has 0 amide bonds. The molecule has 1 unspecified atom stereocenters. The maximum atomic E-state index is 11.9. The molecule has 0 fully saturated rings. The minimum atomic E-state index is -2.14. The third-order valence-electron chi connectivity index (χ3n) is 4.87. The standard InChI is InChI=1S/C26H28N2O3S2/c1-18-5-4-6-20(13-18)17-28-23-12-11-21(24(15-23)32-29)9-10-22-8-7-19(16-26(2,3)27)14-25(22)33(30)31/h4-15,17,29H,16,27H2,1-3H3,(H,30,31)/b10-9+,28-17?. The Balaban J connectivity index is 1.85. The van der Waals surface area contributed by atoms with E-state index in [0.29, 0.717) is 33.8 Å². The van der Waals surface area contributed by atoms with Crippen molar-refractivity contribution in [3.63, 3.8) is 0 Å². The van der Waals surface area contributed by atoms with E-state index in [0.717, 1.165) is 27.9 Å². The van der Waals surface area contributed by atoms with E-state index in [1.807, 2.05) is 75.4 Å². The number of rotatable bonds is 8. The van der Waals surface area contributed by atoms with Gasteiger partial charge in [0.25, 0.3) is 0 Å². The third-order valence-corrected chi connectivity index (χ3v) is 6.15. The van der Waals surface area contributed by atoms with E-state index >= 15 is 0 Å². The van der Waals surface area contributed by atoms with Gasteiger partial charge in [-0.3, -0.25) is 4.99 Å². The molecule has 0 aliphatic rings. The van der Waals surface area contributed by atoms with E-state index in [9.17, 15) is 13.3 Å². The van der Waals surface area contributed by atoms with Gasteiger partial charge in [-0.05, 0) is 67.6 Å². The fourth-order valence-corrected chi connectivity index (χ4v) is 4.41. The van der Waals surface area contributed by atoms with Crippen molar-refractivity contribution in [2.24, 2.45) is 10.7 Å².